The molecule has 0 aliphatic carbocycles. The second kappa shape index (κ2) is 14.0. The van der Waals surface area contributed by atoms with Crippen LogP contribution in [0, 0.1) is 6.92 Å². The first kappa shape index (κ1) is 31.5. The fourth-order valence-electron chi connectivity index (χ4n) is 4.28. The number of hydrogen-bond donors (Lipinski definition) is 1. The van der Waals surface area contributed by atoms with E-state index >= 15 is 0 Å². The van der Waals surface area contributed by atoms with Gasteiger partial charge in [0.15, 0.2) is 0 Å². The van der Waals surface area contributed by atoms with E-state index in [-0.39, 0.29) is 39.1 Å². The fraction of sp³-hybridized carbons (Fsp3) is 0.333. The van der Waals surface area contributed by atoms with Crippen LogP contribution in [0.4, 0.5) is 5.69 Å². The zero-order chi connectivity index (χ0) is 29.4. The maximum absolute atomic E-state index is 14.0. The predicted molar refractivity (Wildman–Crippen MR) is 161 cm³/mol. The summed E-state index contributed by atoms with van der Waals surface area (Å²) in [6, 6.07) is 19.5. The monoisotopic (exact) mass is 603 g/mol. The summed E-state index contributed by atoms with van der Waals surface area (Å²) < 4.78 is 28.8. The first-order valence-electron chi connectivity index (χ1n) is 13.1. The Morgan fingerprint density at radius 3 is 2.15 bits per heavy atom. The van der Waals surface area contributed by atoms with E-state index in [0.717, 1.165) is 15.4 Å². The molecule has 0 saturated heterocycles. The fourth-order valence-corrected chi connectivity index (χ4v) is 5.98. The Morgan fingerprint density at radius 1 is 0.925 bits per heavy atom. The Kier molecular flexibility index (Phi) is 11.0. The quantitative estimate of drug-likeness (QED) is 0.280. The Hall–Kier alpha value is -3.07. The SMILES string of the molecule is CC[C@@H](C(=O)NC(C)C)N(CCc1ccccc1)C(=O)CN(c1ccc(Cl)c(Cl)c1)S(=O)(=O)c1ccc(C)cc1. The molecule has 2 amide bonds. The van der Waals surface area contributed by atoms with E-state index in [1.54, 1.807) is 12.1 Å². The minimum Gasteiger partial charge on any atom is -0.352 e. The third-order valence-electron chi connectivity index (χ3n) is 6.38. The molecule has 0 saturated carbocycles. The number of aryl methyl sites for hydroxylation is 1. The molecule has 3 aromatic rings. The molecule has 0 fully saturated rings. The molecule has 1 atom stereocenters. The number of nitrogens with one attached hydrogen (secondary N) is 1. The normalized spacial score (nSPS) is 12.2. The zero-order valence-electron chi connectivity index (χ0n) is 23.1. The second-order valence-electron chi connectivity index (χ2n) is 9.83. The molecule has 1 N–H and O–H groups in total. The zero-order valence-corrected chi connectivity index (χ0v) is 25.4. The smallest absolute Gasteiger partial charge is 0.264 e. The van der Waals surface area contributed by atoms with Crippen molar-refractivity contribution >= 4 is 50.7 Å². The number of rotatable bonds is 12. The molecule has 214 valence electrons. The van der Waals surface area contributed by atoms with Gasteiger partial charge < -0.3 is 10.2 Å². The molecule has 3 rings (SSSR count). The van der Waals surface area contributed by atoms with Gasteiger partial charge in [-0.25, -0.2) is 8.42 Å². The van der Waals surface area contributed by atoms with Gasteiger partial charge in [0.1, 0.15) is 12.6 Å². The minimum absolute atomic E-state index is 0.0254. The summed E-state index contributed by atoms with van der Waals surface area (Å²) >= 11 is 12.4. The van der Waals surface area contributed by atoms with E-state index < -0.39 is 28.5 Å². The lowest BCUT2D eigenvalue weighted by molar-refractivity contribution is -0.139. The summed E-state index contributed by atoms with van der Waals surface area (Å²) in [6.45, 7) is 7.07. The average Bonchev–Trinajstić information content (AvgIpc) is 2.91. The summed E-state index contributed by atoms with van der Waals surface area (Å²) in [5, 5.41) is 3.30. The maximum Gasteiger partial charge on any atom is 0.264 e. The highest BCUT2D eigenvalue weighted by molar-refractivity contribution is 7.92. The number of carbonyl (C=O) groups is 2. The number of halogens is 2. The molecular weight excluding hydrogens is 569 g/mol. The van der Waals surface area contributed by atoms with Gasteiger partial charge in [-0.2, -0.15) is 0 Å². The summed E-state index contributed by atoms with van der Waals surface area (Å²) in [5.74, 6) is -0.801. The van der Waals surface area contributed by atoms with Gasteiger partial charge in [0, 0.05) is 12.6 Å². The van der Waals surface area contributed by atoms with Gasteiger partial charge in [0.05, 0.1) is 20.6 Å². The highest BCUT2D eigenvalue weighted by Gasteiger charge is 2.33. The van der Waals surface area contributed by atoms with Gasteiger partial charge in [0.25, 0.3) is 10.0 Å². The summed E-state index contributed by atoms with van der Waals surface area (Å²) in [7, 11) is -4.18. The highest BCUT2D eigenvalue weighted by Crippen LogP contribution is 2.31. The molecule has 40 heavy (non-hydrogen) atoms. The van der Waals surface area contributed by atoms with E-state index in [4.69, 9.17) is 23.2 Å². The average molecular weight is 605 g/mol. The summed E-state index contributed by atoms with van der Waals surface area (Å²) in [4.78, 5) is 28.7. The van der Waals surface area contributed by atoms with Crippen molar-refractivity contribution in [2.24, 2.45) is 0 Å². The van der Waals surface area contributed by atoms with E-state index in [1.165, 1.54) is 35.2 Å². The molecule has 0 spiro atoms. The molecule has 0 unspecified atom stereocenters. The van der Waals surface area contributed by atoms with Crippen molar-refractivity contribution in [1.82, 2.24) is 10.2 Å². The van der Waals surface area contributed by atoms with Crippen LogP contribution in [0.5, 0.6) is 0 Å². The van der Waals surface area contributed by atoms with Gasteiger partial charge in [-0.15, -0.1) is 0 Å². The summed E-state index contributed by atoms with van der Waals surface area (Å²) in [5.41, 5.74) is 2.07. The van der Waals surface area contributed by atoms with Crippen LogP contribution in [0.2, 0.25) is 10.0 Å². The number of carbonyl (C=O) groups excluding carboxylic acids is 2. The van der Waals surface area contributed by atoms with E-state index in [9.17, 15) is 18.0 Å². The molecule has 0 radical (unpaired) electrons. The van der Waals surface area contributed by atoms with Gasteiger partial charge in [-0.05, 0) is 69.5 Å². The Labute approximate surface area is 247 Å². The molecular formula is C30H35Cl2N3O4S. The lowest BCUT2D eigenvalue weighted by Crippen LogP contribution is -2.54. The largest absolute Gasteiger partial charge is 0.352 e. The topological polar surface area (TPSA) is 86.8 Å². The lowest BCUT2D eigenvalue weighted by atomic mass is 10.1. The lowest BCUT2D eigenvalue weighted by Gasteiger charge is -2.33. The molecule has 0 aliphatic heterocycles. The van der Waals surface area contributed by atoms with Crippen molar-refractivity contribution in [2.75, 3.05) is 17.4 Å². The predicted octanol–water partition coefficient (Wildman–Crippen LogP) is 5.87. The third-order valence-corrected chi connectivity index (χ3v) is 8.91. The van der Waals surface area contributed by atoms with Gasteiger partial charge in [-0.1, -0.05) is 78.2 Å². The first-order chi connectivity index (χ1) is 18.9. The molecule has 7 nitrogen and oxygen atoms in total. The van der Waals surface area contributed by atoms with Crippen molar-refractivity contribution in [3.63, 3.8) is 0 Å². The number of benzene rings is 3. The Balaban J connectivity index is 2.03. The van der Waals surface area contributed by atoms with Crippen LogP contribution in [0.25, 0.3) is 0 Å². The van der Waals surface area contributed by atoms with Crippen LogP contribution in [-0.4, -0.2) is 50.3 Å². The standard InChI is InChI=1S/C30H35Cl2N3O4S/c1-5-28(30(37)33-21(2)3)34(18-17-23-9-7-6-8-10-23)29(36)20-35(24-13-16-26(31)27(32)19-24)40(38,39)25-14-11-22(4)12-15-25/h6-16,19,21,28H,5,17-18,20H2,1-4H3,(H,33,37)/t28-/m0/s1. The van der Waals surface area contributed by atoms with E-state index in [0.29, 0.717) is 12.8 Å². The first-order valence-corrected chi connectivity index (χ1v) is 15.3. The number of nitrogens with zero attached hydrogens (tertiary/aromatic N) is 2. The Morgan fingerprint density at radius 2 is 1.57 bits per heavy atom. The number of anilines is 1. The molecule has 0 heterocycles. The summed E-state index contributed by atoms with van der Waals surface area (Å²) in [6.07, 6.45) is 0.853. The molecule has 10 heteroatoms. The van der Waals surface area contributed by atoms with Crippen LogP contribution in [-0.2, 0) is 26.0 Å². The van der Waals surface area contributed by atoms with Crippen molar-refractivity contribution in [3.05, 3.63) is 94.0 Å². The van der Waals surface area contributed by atoms with Crippen molar-refractivity contribution in [2.45, 2.75) is 57.5 Å². The minimum atomic E-state index is -4.18. The van der Waals surface area contributed by atoms with Crippen LogP contribution >= 0.6 is 23.2 Å². The van der Waals surface area contributed by atoms with Crippen LogP contribution in [0.1, 0.15) is 38.3 Å². The van der Waals surface area contributed by atoms with Crippen molar-refractivity contribution in [1.29, 1.82) is 0 Å². The van der Waals surface area contributed by atoms with Gasteiger partial charge >= 0.3 is 0 Å². The number of amides is 2. The van der Waals surface area contributed by atoms with Crippen LogP contribution in [0.15, 0.2) is 77.7 Å². The molecule has 0 aromatic heterocycles. The molecule has 0 aliphatic rings. The number of sulfonamides is 1. The van der Waals surface area contributed by atoms with Crippen molar-refractivity contribution < 1.29 is 18.0 Å². The second-order valence-corrected chi connectivity index (χ2v) is 12.5. The molecule has 3 aromatic carbocycles. The highest BCUT2D eigenvalue weighted by atomic mass is 35.5. The number of hydrogen-bond acceptors (Lipinski definition) is 4. The Bertz CT molecular complexity index is 1410. The van der Waals surface area contributed by atoms with Crippen LogP contribution in [0.3, 0.4) is 0 Å². The van der Waals surface area contributed by atoms with E-state index in [2.05, 4.69) is 5.32 Å². The van der Waals surface area contributed by atoms with Gasteiger partial charge in [-0.3, -0.25) is 13.9 Å². The van der Waals surface area contributed by atoms with Crippen LogP contribution < -0.4 is 9.62 Å². The third kappa shape index (κ3) is 7.99. The maximum atomic E-state index is 14.0. The van der Waals surface area contributed by atoms with Gasteiger partial charge in [0.2, 0.25) is 11.8 Å². The molecule has 0 bridgehead atoms. The van der Waals surface area contributed by atoms with E-state index in [1.807, 2.05) is 58.0 Å². The van der Waals surface area contributed by atoms with Crippen molar-refractivity contribution in [3.8, 4) is 0 Å².